The first-order valence-electron chi connectivity index (χ1n) is 7.75. The van der Waals surface area contributed by atoms with Gasteiger partial charge in [-0.15, -0.1) is 0 Å². The van der Waals surface area contributed by atoms with Gasteiger partial charge in [0.25, 0.3) is 0 Å². The van der Waals surface area contributed by atoms with E-state index in [9.17, 15) is 9.59 Å². The minimum Gasteiger partial charge on any atom is -0.352 e. The molecule has 20 heavy (non-hydrogen) atoms. The third-order valence-corrected chi connectivity index (χ3v) is 4.69. The SMILES string of the molecule is CC(=O)NC1CCCN(C(=O)C2CCCCC2(C)N)C1. The quantitative estimate of drug-likeness (QED) is 0.793. The first kappa shape index (κ1) is 15.3. The minimum absolute atomic E-state index is 0.0226. The summed E-state index contributed by atoms with van der Waals surface area (Å²) in [5.41, 5.74) is 5.95. The highest BCUT2D eigenvalue weighted by Crippen LogP contribution is 2.33. The standard InChI is InChI=1S/C15H27N3O2/c1-11(19)17-12-6-5-9-18(10-12)14(20)13-7-3-4-8-15(13,2)16/h12-13H,3-10,16H2,1-2H3,(H,17,19). The lowest BCUT2D eigenvalue weighted by atomic mass is 9.74. The lowest BCUT2D eigenvalue weighted by Crippen LogP contribution is -2.57. The lowest BCUT2D eigenvalue weighted by Gasteiger charge is -2.42. The van der Waals surface area contributed by atoms with Gasteiger partial charge in [-0.2, -0.15) is 0 Å². The summed E-state index contributed by atoms with van der Waals surface area (Å²) in [5.74, 6) is 0.0997. The molecule has 0 aromatic heterocycles. The Labute approximate surface area is 121 Å². The summed E-state index contributed by atoms with van der Waals surface area (Å²) in [7, 11) is 0. The van der Waals surface area contributed by atoms with Crippen LogP contribution in [0.5, 0.6) is 0 Å². The van der Waals surface area contributed by atoms with Crippen LogP contribution in [0.4, 0.5) is 0 Å². The van der Waals surface area contributed by atoms with Crippen molar-refractivity contribution in [2.24, 2.45) is 11.7 Å². The number of nitrogens with zero attached hydrogens (tertiary/aromatic N) is 1. The maximum Gasteiger partial charge on any atom is 0.227 e. The third-order valence-electron chi connectivity index (χ3n) is 4.69. The van der Waals surface area contributed by atoms with E-state index in [0.29, 0.717) is 6.54 Å². The van der Waals surface area contributed by atoms with Crippen molar-refractivity contribution in [3.05, 3.63) is 0 Å². The molecule has 0 radical (unpaired) electrons. The molecule has 114 valence electrons. The molecule has 2 rings (SSSR count). The van der Waals surface area contributed by atoms with E-state index < -0.39 is 0 Å². The lowest BCUT2D eigenvalue weighted by molar-refractivity contribution is -0.140. The molecule has 1 aliphatic carbocycles. The van der Waals surface area contributed by atoms with E-state index in [2.05, 4.69) is 5.32 Å². The Bertz CT molecular complexity index is 381. The zero-order valence-electron chi connectivity index (χ0n) is 12.7. The largest absolute Gasteiger partial charge is 0.352 e. The summed E-state index contributed by atoms with van der Waals surface area (Å²) in [5, 5.41) is 2.93. The predicted octanol–water partition coefficient (Wildman–Crippen LogP) is 1.02. The fourth-order valence-corrected chi connectivity index (χ4v) is 3.57. The number of likely N-dealkylation sites (tertiary alicyclic amines) is 1. The van der Waals surface area contributed by atoms with Crippen LogP contribution in [0.1, 0.15) is 52.4 Å². The van der Waals surface area contributed by atoms with Crippen molar-refractivity contribution in [3.8, 4) is 0 Å². The average molecular weight is 281 g/mol. The number of hydrogen-bond acceptors (Lipinski definition) is 3. The Hall–Kier alpha value is -1.10. The molecule has 3 unspecified atom stereocenters. The number of rotatable bonds is 2. The molecule has 5 heteroatoms. The van der Waals surface area contributed by atoms with Crippen molar-refractivity contribution >= 4 is 11.8 Å². The van der Waals surface area contributed by atoms with Gasteiger partial charge in [0.15, 0.2) is 0 Å². The van der Waals surface area contributed by atoms with Crippen molar-refractivity contribution in [1.29, 1.82) is 0 Å². The summed E-state index contributed by atoms with van der Waals surface area (Å²) in [4.78, 5) is 25.8. The number of nitrogens with two attached hydrogens (primary N) is 1. The van der Waals surface area contributed by atoms with Crippen LogP contribution < -0.4 is 11.1 Å². The molecule has 1 heterocycles. The van der Waals surface area contributed by atoms with Crippen molar-refractivity contribution < 1.29 is 9.59 Å². The molecule has 0 aromatic rings. The summed E-state index contributed by atoms with van der Waals surface area (Å²) in [6.45, 7) is 4.95. The van der Waals surface area contributed by atoms with Crippen LogP contribution >= 0.6 is 0 Å². The van der Waals surface area contributed by atoms with Gasteiger partial charge in [0, 0.05) is 31.6 Å². The van der Waals surface area contributed by atoms with Crippen LogP contribution in [0.15, 0.2) is 0 Å². The van der Waals surface area contributed by atoms with E-state index in [1.807, 2.05) is 11.8 Å². The Morgan fingerprint density at radius 3 is 2.65 bits per heavy atom. The second kappa shape index (κ2) is 6.12. The average Bonchev–Trinajstić information content (AvgIpc) is 2.37. The molecule has 0 bridgehead atoms. The first-order valence-corrected chi connectivity index (χ1v) is 7.75. The summed E-state index contributed by atoms with van der Waals surface area (Å²) >= 11 is 0. The Balaban J connectivity index is 1.99. The Kier molecular flexibility index (Phi) is 4.68. The van der Waals surface area contributed by atoms with Gasteiger partial charge in [-0.05, 0) is 32.6 Å². The second-order valence-corrected chi connectivity index (χ2v) is 6.63. The monoisotopic (exact) mass is 281 g/mol. The van der Waals surface area contributed by atoms with E-state index in [0.717, 1.165) is 45.1 Å². The number of nitrogens with one attached hydrogen (secondary N) is 1. The normalized spacial score (nSPS) is 34.6. The third kappa shape index (κ3) is 3.51. The number of carbonyl (C=O) groups is 2. The van der Waals surface area contributed by atoms with Crippen LogP contribution in [0, 0.1) is 5.92 Å². The zero-order valence-corrected chi connectivity index (χ0v) is 12.7. The van der Waals surface area contributed by atoms with Crippen LogP contribution in [-0.2, 0) is 9.59 Å². The van der Waals surface area contributed by atoms with Gasteiger partial charge in [0.1, 0.15) is 0 Å². The van der Waals surface area contributed by atoms with Gasteiger partial charge in [-0.3, -0.25) is 9.59 Å². The topological polar surface area (TPSA) is 75.4 Å². The molecular weight excluding hydrogens is 254 g/mol. The van der Waals surface area contributed by atoms with Crippen LogP contribution in [-0.4, -0.2) is 41.4 Å². The second-order valence-electron chi connectivity index (χ2n) is 6.63. The van der Waals surface area contributed by atoms with Crippen LogP contribution in [0.25, 0.3) is 0 Å². The highest BCUT2D eigenvalue weighted by molar-refractivity contribution is 5.80. The van der Waals surface area contributed by atoms with Crippen molar-refractivity contribution in [2.45, 2.75) is 64.0 Å². The van der Waals surface area contributed by atoms with E-state index in [1.54, 1.807) is 0 Å². The molecule has 3 N–H and O–H groups in total. The molecular formula is C15H27N3O2. The molecule has 1 saturated carbocycles. The first-order chi connectivity index (χ1) is 9.40. The van der Waals surface area contributed by atoms with Gasteiger partial charge in [0.2, 0.25) is 11.8 Å². The number of piperidine rings is 1. The zero-order chi connectivity index (χ0) is 14.8. The molecule has 0 spiro atoms. The van der Waals surface area contributed by atoms with E-state index >= 15 is 0 Å². The molecule has 1 aliphatic heterocycles. The van der Waals surface area contributed by atoms with Crippen molar-refractivity contribution in [3.63, 3.8) is 0 Å². The Morgan fingerprint density at radius 1 is 1.25 bits per heavy atom. The molecule has 1 saturated heterocycles. The maximum absolute atomic E-state index is 12.7. The molecule has 0 aromatic carbocycles. The fourth-order valence-electron chi connectivity index (χ4n) is 3.57. The van der Waals surface area contributed by atoms with E-state index in [1.165, 1.54) is 6.92 Å². The number of carbonyl (C=O) groups excluding carboxylic acids is 2. The van der Waals surface area contributed by atoms with Crippen LogP contribution in [0.2, 0.25) is 0 Å². The van der Waals surface area contributed by atoms with Crippen molar-refractivity contribution in [2.75, 3.05) is 13.1 Å². The number of amides is 2. The molecule has 3 atom stereocenters. The summed E-state index contributed by atoms with van der Waals surface area (Å²) in [6.07, 6.45) is 5.93. The van der Waals surface area contributed by atoms with E-state index in [-0.39, 0.29) is 29.3 Å². The minimum atomic E-state index is -0.379. The fraction of sp³-hybridized carbons (Fsp3) is 0.867. The van der Waals surface area contributed by atoms with Crippen LogP contribution in [0.3, 0.4) is 0 Å². The van der Waals surface area contributed by atoms with Gasteiger partial charge < -0.3 is 16.0 Å². The number of hydrogen-bond donors (Lipinski definition) is 2. The van der Waals surface area contributed by atoms with Crippen molar-refractivity contribution in [1.82, 2.24) is 10.2 Å². The molecule has 2 fully saturated rings. The van der Waals surface area contributed by atoms with Gasteiger partial charge in [-0.1, -0.05) is 12.8 Å². The van der Waals surface area contributed by atoms with E-state index in [4.69, 9.17) is 5.73 Å². The van der Waals surface area contributed by atoms with Gasteiger partial charge >= 0.3 is 0 Å². The maximum atomic E-state index is 12.7. The van der Waals surface area contributed by atoms with Gasteiger partial charge in [0.05, 0.1) is 5.92 Å². The molecule has 2 aliphatic rings. The Morgan fingerprint density at radius 2 is 2.00 bits per heavy atom. The predicted molar refractivity (Wildman–Crippen MR) is 78.0 cm³/mol. The smallest absolute Gasteiger partial charge is 0.227 e. The van der Waals surface area contributed by atoms with Gasteiger partial charge in [-0.25, -0.2) is 0 Å². The molecule has 2 amide bonds. The highest BCUT2D eigenvalue weighted by Gasteiger charge is 2.40. The summed E-state index contributed by atoms with van der Waals surface area (Å²) in [6, 6.07) is 0.0952. The highest BCUT2D eigenvalue weighted by atomic mass is 16.2. The summed E-state index contributed by atoms with van der Waals surface area (Å²) < 4.78 is 0. The molecule has 5 nitrogen and oxygen atoms in total.